The summed E-state index contributed by atoms with van der Waals surface area (Å²) >= 11 is 0. The predicted molar refractivity (Wildman–Crippen MR) is 56.4 cm³/mol. The van der Waals surface area contributed by atoms with E-state index in [1.54, 1.807) is 0 Å². The number of carboxylic acids is 1. The van der Waals surface area contributed by atoms with Crippen LogP contribution in [0.15, 0.2) is 0 Å². The first-order valence-electron chi connectivity index (χ1n) is 4.95. The Kier molecular flexibility index (Phi) is 3.57. The van der Waals surface area contributed by atoms with Crippen LogP contribution in [0.5, 0.6) is 0 Å². The van der Waals surface area contributed by atoms with Crippen LogP contribution in [-0.2, 0) is 19.4 Å². The highest BCUT2D eigenvalue weighted by atomic mass is 32.2. The molecule has 1 aliphatic carbocycles. The number of nitrogens with two attached hydrogens (primary N) is 1. The van der Waals surface area contributed by atoms with E-state index in [-0.39, 0.29) is 24.3 Å². The van der Waals surface area contributed by atoms with Gasteiger partial charge in [0.2, 0.25) is 5.91 Å². The minimum Gasteiger partial charge on any atom is -0.481 e. The van der Waals surface area contributed by atoms with E-state index >= 15 is 0 Å². The summed E-state index contributed by atoms with van der Waals surface area (Å²) in [6.07, 6.45) is 0.915. The lowest BCUT2D eigenvalue weighted by Gasteiger charge is -2.12. The van der Waals surface area contributed by atoms with Gasteiger partial charge in [0.15, 0.2) is 9.84 Å². The van der Waals surface area contributed by atoms with Crippen LogP contribution in [0.2, 0.25) is 0 Å². The van der Waals surface area contributed by atoms with Crippen LogP contribution in [-0.4, -0.2) is 36.9 Å². The zero-order chi connectivity index (χ0) is 12.4. The second-order valence-corrected chi connectivity index (χ2v) is 6.56. The van der Waals surface area contributed by atoms with Crippen molar-refractivity contribution in [3.8, 4) is 0 Å². The molecule has 92 valence electrons. The molecule has 7 heteroatoms. The van der Waals surface area contributed by atoms with Gasteiger partial charge in [-0.2, -0.15) is 0 Å². The number of hydrogen-bond acceptors (Lipinski definition) is 4. The first-order chi connectivity index (χ1) is 7.25. The van der Waals surface area contributed by atoms with Crippen molar-refractivity contribution < 1.29 is 23.1 Å². The molecule has 0 saturated heterocycles. The van der Waals surface area contributed by atoms with Crippen molar-refractivity contribution in [3.05, 3.63) is 0 Å². The molecule has 0 aromatic rings. The van der Waals surface area contributed by atoms with Crippen molar-refractivity contribution in [3.63, 3.8) is 0 Å². The van der Waals surface area contributed by atoms with Gasteiger partial charge < -0.3 is 10.8 Å². The third-order valence-corrected chi connectivity index (χ3v) is 4.55. The molecule has 0 aromatic heterocycles. The highest BCUT2D eigenvalue weighted by Crippen LogP contribution is 2.49. The van der Waals surface area contributed by atoms with Gasteiger partial charge in [0, 0.05) is 6.42 Å². The van der Waals surface area contributed by atoms with Gasteiger partial charge in [-0.25, -0.2) is 8.42 Å². The second kappa shape index (κ2) is 4.40. The van der Waals surface area contributed by atoms with Gasteiger partial charge in [-0.15, -0.1) is 0 Å². The van der Waals surface area contributed by atoms with Gasteiger partial charge in [0.1, 0.15) is 0 Å². The molecule has 0 radical (unpaired) electrons. The van der Waals surface area contributed by atoms with E-state index in [1.807, 2.05) is 0 Å². The summed E-state index contributed by atoms with van der Waals surface area (Å²) in [5.74, 6) is -2.09. The molecule has 1 fully saturated rings. The number of carbonyl (C=O) groups excluding carboxylic acids is 1. The zero-order valence-electron chi connectivity index (χ0n) is 8.81. The van der Waals surface area contributed by atoms with Gasteiger partial charge in [-0.1, -0.05) is 0 Å². The molecule has 16 heavy (non-hydrogen) atoms. The summed E-state index contributed by atoms with van der Waals surface area (Å²) < 4.78 is 23.1. The molecule has 0 spiro atoms. The van der Waals surface area contributed by atoms with E-state index in [1.165, 1.54) is 0 Å². The molecule has 0 unspecified atom stereocenters. The number of carboxylic acid groups (broad SMARTS) is 1. The van der Waals surface area contributed by atoms with Crippen molar-refractivity contribution in [1.29, 1.82) is 0 Å². The lowest BCUT2D eigenvalue weighted by Crippen LogP contribution is -2.25. The Morgan fingerprint density at radius 1 is 1.31 bits per heavy atom. The minimum atomic E-state index is -3.38. The first kappa shape index (κ1) is 13.0. The predicted octanol–water partition coefficient (Wildman–Crippen LogP) is -0.469. The molecular formula is C9H15NO5S. The Hall–Kier alpha value is -1.11. The lowest BCUT2D eigenvalue weighted by atomic mass is 10.1. The monoisotopic (exact) mass is 249 g/mol. The van der Waals surface area contributed by atoms with Gasteiger partial charge in [0.25, 0.3) is 0 Å². The second-order valence-electron chi connectivity index (χ2n) is 4.38. The summed E-state index contributed by atoms with van der Waals surface area (Å²) in [6.45, 7) is 0. The molecule has 1 saturated carbocycles. The van der Waals surface area contributed by atoms with Crippen molar-refractivity contribution in [2.75, 3.05) is 11.5 Å². The fraction of sp³-hybridized carbons (Fsp3) is 0.778. The molecule has 0 heterocycles. The van der Waals surface area contributed by atoms with Crippen LogP contribution in [0.4, 0.5) is 0 Å². The average molecular weight is 249 g/mol. The number of sulfone groups is 1. The zero-order valence-corrected chi connectivity index (χ0v) is 9.62. The maximum Gasteiger partial charge on any atom is 0.303 e. The molecule has 0 aliphatic heterocycles. The molecule has 3 N–H and O–H groups in total. The molecular weight excluding hydrogens is 234 g/mol. The van der Waals surface area contributed by atoms with Crippen molar-refractivity contribution in [1.82, 2.24) is 0 Å². The Morgan fingerprint density at radius 2 is 1.88 bits per heavy atom. The fourth-order valence-corrected chi connectivity index (χ4v) is 3.64. The number of amides is 1. The number of primary amides is 1. The van der Waals surface area contributed by atoms with Crippen molar-refractivity contribution in [2.24, 2.45) is 11.1 Å². The fourth-order valence-electron chi connectivity index (χ4n) is 1.66. The lowest BCUT2D eigenvalue weighted by molar-refractivity contribution is -0.138. The molecule has 6 nitrogen and oxygen atoms in total. The molecule has 1 aliphatic rings. The summed E-state index contributed by atoms with van der Waals surface area (Å²) in [4.78, 5) is 21.0. The van der Waals surface area contributed by atoms with Crippen LogP contribution in [0, 0.1) is 5.41 Å². The van der Waals surface area contributed by atoms with Gasteiger partial charge >= 0.3 is 5.97 Å². The van der Waals surface area contributed by atoms with Gasteiger partial charge in [-0.3, -0.25) is 9.59 Å². The van der Waals surface area contributed by atoms with Crippen LogP contribution in [0.1, 0.15) is 25.7 Å². The average Bonchev–Trinajstić information content (AvgIpc) is 2.79. The van der Waals surface area contributed by atoms with E-state index in [4.69, 9.17) is 10.8 Å². The van der Waals surface area contributed by atoms with Crippen molar-refractivity contribution in [2.45, 2.75) is 25.7 Å². The quantitative estimate of drug-likeness (QED) is 0.633. The number of hydrogen-bond donors (Lipinski definition) is 2. The smallest absolute Gasteiger partial charge is 0.303 e. The van der Waals surface area contributed by atoms with E-state index in [2.05, 4.69) is 0 Å². The van der Waals surface area contributed by atoms with Crippen molar-refractivity contribution >= 4 is 21.7 Å². The Labute approximate surface area is 93.7 Å². The van der Waals surface area contributed by atoms with E-state index in [9.17, 15) is 18.0 Å². The highest BCUT2D eigenvalue weighted by Gasteiger charge is 2.47. The van der Waals surface area contributed by atoms with Gasteiger partial charge in [-0.05, 0) is 18.3 Å². The topological polar surface area (TPSA) is 115 Å². The van der Waals surface area contributed by atoms with Crippen LogP contribution < -0.4 is 5.73 Å². The van der Waals surface area contributed by atoms with Crippen LogP contribution >= 0.6 is 0 Å². The number of rotatable bonds is 7. The summed E-state index contributed by atoms with van der Waals surface area (Å²) in [6, 6.07) is 0. The standard InChI is InChI=1S/C9H15NO5S/c10-7(11)1-4-16(14,15)6-9(2-3-9)5-8(12)13/h1-6H2,(H2,10,11)(H,12,13). The Balaban J connectivity index is 2.52. The highest BCUT2D eigenvalue weighted by molar-refractivity contribution is 7.91. The summed E-state index contributed by atoms with van der Waals surface area (Å²) in [5.41, 5.74) is 4.27. The summed E-state index contributed by atoms with van der Waals surface area (Å²) in [5, 5.41) is 8.64. The summed E-state index contributed by atoms with van der Waals surface area (Å²) in [7, 11) is -3.38. The van der Waals surface area contributed by atoms with Crippen LogP contribution in [0.25, 0.3) is 0 Å². The Bertz CT molecular complexity index is 396. The van der Waals surface area contributed by atoms with E-state index in [0.717, 1.165) is 0 Å². The van der Waals surface area contributed by atoms with Crippen LogP contribution in [0.3, 0.4) is 0 Å². The molecule has 0 atom stereocenters. The number of carbonyl (C=O) groups is 2. The van der Waals surface area contributed by atoms with Gasteiger partial charge in [0.05, 0.1) is 17.9 Å². The SMILES string of the molecule is NC(=O)CCS(=O)(=O)CC1(CC(=O)O)CC1. The largest absolute Gasteiger partial charge is 0.481 e. The maximum atomic E-state index is 11.6. The molecule has 1 amide bonds. The first-order valence-corrected chi connectivity index (χ1v) is 6.77. The molecule has 1 rings (SSSR count). The minimum absolute atomic E-state index is 0.122. The van der Waals surface area contributed by atoms with E-state index in [0.29, 0.717) is 12.8 Å². The number of aliphatic carboxylic acids is 1. The Morgan fingerprint density at radius 3 is 2.25 bits per heavy atom. The van der Waals surface area contributed by atoms with E-state index < -0.39 is 27.1 Å². The third kappa shape index (κ3) is 4.18. The third-order valence-electron chi connectivity index (χ3n) is 2.67. The molecule has 0 bridgehead atoms. The normalized spacial score (nSPS) is 18.0. The molecule has 0 aromatic carbocycles. The maximum absolute atomic E-state index is 11.6.